The van der Waals surface area contributed by atoms with E-state index in [4.69, 9.17) is 9.73 Å². The van der Waals surface area contributed by atoms with Crippen LogP contribution in [0, 0.1) is 17.2 Å². The molecule has 2 aromatic carbocycles. The highest BCUT2D eigenvalue weighted by molar-refractivity contribution is 6.05. The Kier molecular flexibility index (Phi) is 8.06. The van der Waals surface area contributed by atoms with Crippen molar-refractivity contribution in [2.24, 2.45) is 10.9 Å². The van der Waals surface area contributed by atoms with Crippen molar-refractivity contribution in [1.82, 2.24) is 15.2 Å². The van der Waals surface area contributed by atoms with Crippen LogP contribution in [0.2, 0.25) is 0 Å². The lowest BCUT2D eigenvalue weighted by Gasteiger charge is -2.39. The van der Waals surface area contributed by atoms with E-state index in [1.165, 1.54) is 5.69 Å². The van der Waals surface area contributed by atoms with Crippen molar-refractivity contribution in [3.8, 4) is 23.1 Å². The van der Waals surface area contributed by atoms with Crippen LogP contribution in [0.25, 0.3) is 11.3 Å². The van der Waals surface area contributed by atoms with Gasteiger partial charge in [-0.25, -0.2) is 4.79 Å². The number of amides is 2. The van der Waals surface area contributed by atoms with Gasteiger partial charge in [0.05, 0.1) is 30.5 Å². The fraction of sp³-hybridized carbons (Fsp3) is 0.364. The molecule has 1 saturated heterocycles. The Hall–Kier alpha value is -4.31. The van der Waals surface area contributed by atoms with Gasteiger partial charge in [-0.2, -0.15) is 5.26 Å². The van der Waals surface area contributed by atoms with Gasteiger partial charge in [0.1, 0.15) is 5.75 Å². The number of nitrogens with one attached hydrogen (secondary N) is 2. The maximum Gasteiger partial charge on any atom is 0.318 e. The number of rotatable bonds is 5. The van der Waals surface area contributed by atoms with Crippen molar-refractivity contribution in [2.75, 3.05) is 13.7 Å². The molecule has 5 rings (SSSR count). The third kappa shape index (κ3) is 5.67. The molecule has 0 aliphatic carbocycles. The number of urea groups is 1. The third-order valence-electron chi connectivity index (χ3n) is 8.21. The standard InChI is InChI=1S/C33H37N5O2/c1-21-7-6-15-35-32(29-19-30(37-31(21)29)25-12-10-24(20-34)11-13-25)27-14-16-38(22(2)17-27)33(39)36-23(3)26-8-5-9-28(18-26)40-4/h5-6,8-13,15,18-19,21-23,27,37H,7,14,16-17H2,1-4H3,(H,36,39)/b15-6+,35-32?/t21?,22-,23+,27?/m1/s1. The lowest BCUT2D eigenvalue weighted by atomic mass is 9.83. The molecular weight excluding hydrogens is 498 g/mol. The molecule has 7 nitrogen and oxygen atoms in total. The van der Waals surface area contributed by atoms with Gasteiger partial charge in [-0.1, -0.05) is 37.3 Å². The number of aliphatic imine (C=N–C) groups is 1. The lowest BCUT2D eigenvalue weighted by molar-refractivity contribution is 0.146. The van der Waals surface area contributed by atoms with Gasteiger partial charge in [0.25, 0.3) is 0 Å². The SMILES string of the molecule is COc1cccc([C@H](C)NC(=O)N2CCC(C3=N/C=C/CC(C)c4[nH]c(-c5ccc(C#N)cc5)cc43)C[C@H]2C)c1. The second kappa shape index (κ2) is 11.8. The predicted octanol–water partition coefficient (Wildman–Crippen LogP) is 6.94. The van der Waals surface area contributed by atoms with E-state index in [1.807, 2.05) is 66.6 Å². The number of aromatic nitrogens is 1. The summed E-state index contributed by atoms with van der Waals surface area (Å²) in [6.07, 6.45) is 6.70. The largest absolute Gasteiger partial charge is 0.497 e. The number of piperidine rings is 1. The summed E-state index contributed by atoms with van der Waals surface area (Å²) in [5.41, 5.74) is 7.20. The maximum absolute atomic E-state index is 13.3. The highest BCUT2D eigenvalue weighted by Gasteiger charge is 2.34. The van der Waals surface area contributed by atoms with E-state index in [0.29, 0.717) is 18.0 Å². The number of allylic oxidation sites excluding steroid dienone is 1. The molecule has 0 radical (unpaired) electrons. The van der Waals surface area contributed by atoms with Crippen molar-refractivity contribution < 1.29 is 9.53 Å². The summed E-state index contributed by atoms with van der Waals surface area (Å²) >= 11 is 0. The molecular formula is C33H37N5O2. The zero-order valence-electron chi connectivity index (χ0n) is 23.6. The van der Waals surface area contributed by atoms with E-state index < -0.39 is 0 Å². The van der Waals surface area contributed by atoms with Crippen LogP contribution < -0.4 is 10.1 Å². The van der Waals surface area contributed by atoms with E-state index in [-0.39, 0.29) is 24.0 Å². The first-order valence-electron chi connectivity index (χ1n) is 14.1. The van der Waals surface area contributed by atoms with Crippen LogP contribution >= 0.6 is 0 Å². The number of nitrogens with zero attached hydrogens (tertiary/aromatic N) is 3. The molecule has 2 aliphatic heterocycles. The molecule has 1 fully saturated rings. The molecule has 3 heterocycles. The number of H-pyrrole nitrogens is 1. The van der Waals surface area contributed by atoms with E-state index in [2.05, 4.69) is 42.4 Å². The minimum absolute atomic E-state index is 0.0418. The molecule has 0 saturated carbocycles. The van der Waals surface area contributed by atoms with Gasteiger partial charge in [-0.3, -0.25) is 4.99 Å². The van der Waals surface area contributed by atoms with E-state index in [9.17, 15) is 10.1 Å². The molecule has 3 aromatic rings. The van der Waals surface area contributed by atoms with Crippen LogP contribution in [0.3, 0.4) is 0 Å². The Morgan fingerprint density at radius 2 is 2.00 bits per heavy atom. The van der Waals surface area contributed by atoms with Crippen LogP contribution in [0.5, 0.6) is 5.75 Å². The molecule has 206 valence electrons. The molecule has 40 heavy (non-hydrogen) atoms. The zero-order valence-corrected chi connectivity index (χ0v) is 23.6. The quantitative estimate of drug-likeness (QED) is 0.370. The van der Waals surface area contributed by atoms with E-state index in [0.717, 1.165) is 53.1 Å². The lowest BCUT2D eigenvalue weighted by Crippen LogP contribution is -2.50. The van der Waals surface area contributed by atoms with Crippen molar-refractivity contribution in [2.45, 2.75) is 58.0 Å². The molecule has 7 heteroatoms. The molecule has 2 unspecified atom stereocenters. The van der Waals surface area contributed by atoms with Crippen LogP contribution in [-0.2, 0) is 0 Å². The van der Waals surface area contributed by atoms with Crippen molar-refractivity contribution in [3.63, 3.8) is 0 Å². The molecule has 2 N–H and O–H groups in total. The summed E-state index contributed by atoms with van der Waals surface area (Å²) in [6.45, 7) is 7.04. The summed E-state index contributed by atoms with van der Waals surface area (Å²) in [7, 11) is 1.65. The fourth-order valence-electron chi connectivity index (χ4n) is 5.85. The smallest absolute Gasteiger partial charge is 0.318 e. The molecule has 0 spiro atoms. The van der Waals surface area contributed by atoms with Gasteiger partial charge in [0, 0.05) is 47.6 Å². The summed E-state index contributed by atoms with van der Waals surface area (Å²) in [5, 5.41) is 12.4. The van der Waals surface area contributed by atoms with Gasteiger partial charge in [0.15, 0.2) is 0 Å². The number of hydrogen-bond donors (Lipinski definition) is 2. The Balaban J connectivity index is 1.33. The Labute approximate surface area is 236 Å². The van der Waals surface area contributed by atoms with Crippen LogP contribution in [0.4, 0.5) is 4.79 Å². The summed E-state index contributed by atoms with van der Waals surface area (Å²) < 4.78 is 5.34. The molecule has 1 aromatic heterocycles. The van der Waals surface area contributed by atoms with Crippen molar-refractivity contribution in [3.05, 3.63) is 89.3 Å². The van der Waals surface area contributed by atoms with E-state index >= 15 is 0 Å². The first-order valence-corrected chi connectivity index (χ1v) is 14.1. The second-order valence-corrected chi connectivity index (χ2v) is 10.9. The van der Waals surface area contributed by atoms with Crippen LogP contribution in [0.1, 0.15) is 74.4 Å². The number of ether oxygens (including phenoxy) is 1. The number of carbonyl (C=O) groups excluding carboxylic acids is 1. The number of methoxy groups -OCH3 is 1. The summed E-state index contributed by atoms with van der Waals surface area (Å²) in [4.78, 5) is 23.9. The van der Waals surface area contributed by atoms with Gasteiger partial charge in [-0.15, -0.1) is 0 Å². The van der Waals surface area contributed by atoms with Gasteiger partial charge in [0.2, 0.25) is 0 Å². The molecule has 0 bridgehead atoms. The number of nitriles is 1. The average molecular weight is 536 g/mol. The monoisotopic (exact) mass is 535 g/mol. The highest BCUT2D eigenvalue weighted by atomic mass is 16.5. The first-order chi connectivity index (χ1) is 19.4. The average Bonchev–Trinajstić information content (AvgIpc) is 3.40. The number of hydrogen-bond acceptors (Lipinski definition) is 4. The van der Waals surface area contributed by atoms with Crippen molar-refractivity contribution >= 4 is 11.7 Å². The van der Waals surface area contributed by atoms with Gasteiger partial charge < -0.3 is 19.9 Å². The van der Waals surface area contributed by atoms with E-state index in [1.54, 1.807) is 7.11 Å². The van der Waals surface area contributed by atoms with Gasteiger partial charge in [-0.05, 0) is 74.6 Å². The number of carbonyl (C=O) groups is 1. The summed E-state index contributed by atoms with van der Waals surface area (Å²) in [5.74, 6) is 1.35. The second-order valence-electron chi connectivity index (χ2n) is 10.9. The Morgan fingerprint density at radius 3 is 2.73 bits per heavy atom. The number of aromatic amines is 1. The normalized spacial score (nSPS) is 22.1. The highest BCUT2D eigenvalue weighted by Crippen LogP contribution is 2.35. The van der Waals surface area contributed by atoms with Crippen LogP contribution in [0.15, 0.2) is 71.9 Å². The van der Waals surface area contributed by atoms with Crippen LogP contribution in [-0.4, -0.2) is 41.3 Å². The molecule has 4 atom stereocenters. The first kappa shape index (κ1) is 27.3. The predicted molar refractivity (Wildman–Crippen MR) is 158 cm³/mol. The van der Waals surface area contributed by atoms with Crippen molar-refractivity contribution in [1.29, 1.82) is 5.26 Å². The Bertz CT molecular complexity index is 1460. The third-order valence-corrected chi connectivity index (χ3v) is 8.21. The maximum atomic E-state index is 13.3. The minimum Gasteiger partial charge on any atom is -0.497 e. The fourth-order valence-corrected chi connectivity index (χ4v) is 5.85. The molecule has 2 aliphatic rings. The number of fused-ring (bicyclic) bond motifs is 1. The topological polar surface area (TPSA) is 93.5 Å². The molecule has 2 amide bonds. The minimum atomic E-state index is -0.128. The summed E-state index contributed by atoms with van der Waals surface area (Å²) in [6, 6.07) is 19.8. The zero-order chi connectivity index (χ0) is 28.2. The Morgan fingerprint density at radius 1 is 1.20 bits per heavy atom. The number of likely N-dealkylation sites (tertiary alicyclic amines) is 1. The number of benzene rings is 2. The van der Waals surface area contributed by atoms with Gasteiger partial charge >= 0.3 is 6.03 Å².